The second-order valence-corrected chi connectivity index (χ2v) is 12.0. The SMILES string of the molecule is CC(C)(C)[Si](C)(C)OCCCCCCCCBr. The van der Waals surface area contributed by atoms with E-state index in [0.717, 1.165) is 11.9 Å². The van der Waals surface area contributed by atoms with Crippen LogP contribution in [-0.4, -0.2) is 20.3 Å². The van der Waals surface area contributed by atoms with Gasteiger partial charge in [-0.25, -0.2) is 0 Å². The second kappa shape index (κ2) is 8.71. The zero-order valence-electron chi connectivity index (χ0n) is 12.4. The van der Waals surface area contributed by atoms with Crippen molar-refractivity contribution >= 4 is 24.2 Å². The minimum atomic E-state index is -1.49. The van der Waals surface area contributed by atoms with Crippen LogP contribution in [0.5, 0.6) is 0 Å². The van der Waals surface area contributed by atoms with Crippen LogP contribution in [0.4, 0.5) is 0 Å². The molecule has 104 valence electrons. The Kier molecular flexibility index (Phi) is 9.04. The number of alkyl halides is 1. The fourth-order valence-corrected chi connectivity index (χ4v) is 2.93. The van der Waals surface area contributed by atoms with E-state index < -0.39 is 8.32 Å². The molecule has 1 nitrogen and oxygen atoms in total. The van der Waals surface area contributed by atoms with Crippen molar-refractivity contribution in [1.29, 1.82) is 0 Å². The van der Waals surface area contributed by atoms with Gasteiger partial charge in [0.15, 0.2) is 8.32 Å². The molecule has 0 saturated carbocycles. The van der Waals surface area contributed by atoms with Gasteiger partial charge in [-0.15, -0.1) is 0 Å². The summed E-state index contributed by atoms with van der Waals surface area (Å²) in [5.74, 6) is 0. The Morgan fingerprint density at radius 2 is 1.35 bits per heavy atom. The lowest BCUT2D eigenvalue weighted by atomic mass is 10.1. The van der Waals surface area contributed by atoms with Crippen LogP contribution in [0.3, 0.4) is 0 Å². The Hall–Kier alpha value is 0.657. The van der Waals surface area contributed by atoms with E-state index in [9.17, 15) is 0 Å². The molecule has 3 heteroatoms. The third-order valence-electron chi connectivity index (χ3n) is 3.80. The smallest absolute Gasteiger partial charge is 0.191 e. The lowest BCUT2D eigenvalue weighted by molar-refractivity contribution is 0.277. The first-order chi connectivity index (χ1) is 7.81. The molecule has 0 aliphatic carbocycles. The molecule has 0 amide bonds. The Bertz CT molecular complexity index is 187. The number of hydrogen-bond donors (Lipinski definition) is 0. The topological polar surface area (TPSA) is 9.23 Å². The highest BCUT2D eigenvalue weighted by Crippen LogP contribution is 2.36. The molecule has 0 aromatic heterocycles. The predicted octanol–water partition coefficient (Wildman–Crippen LogP) is 5.74. The van der Waals surface area contributed by atoms with Crippen molar-refractivity contribution in [3.63, 3.8) is 0 Å². The molecular formula is C14H31BrOSi. The Morgan fingerprint density at radius 3 is 1.82 bits per heavy atom. The van der Waals surface area contributed by atoms with Crippen molar-refractivity contribution in [2.75, 3.05) is 11.9 Å². The van der Waals surface area contributed by atoms with Crippen LogP contribution in [-0.2, 0) is 4.43 Å². The minimum Gasteiger partial charge on any atom is -0.417 e. The molecule has 0 radical (unpaired) electrons. The highest BCUT2D eigenvalue weighted by molar-refractivity contribution is 9.09. The summed E-state index contributed by atoms with van der Waals surface area (Å²) < 4.78 is 6.15. The second-order valence-electron chi connectivity index (χ2n) is 6.42. The molecule has 0 N–H and O–H groups in total. The number of unbranched alkanes of at least 4 members (excludes halogenated alkanes) is 5. The summed E-state index contributed by atoms with van der Waals surface area (Å²) in [5.41, 5.74) is 0. The van der Waals surface area contributed by atoms with Crippen LogP contribution >= 0.6 is 15.9 Å². The van der Waals surface area contributed by atoms with Crippen LogP contribution in [0, 0.1) is 0 Å². The summed E-state index contributed by atoms with van der Waals surface area (Å²) in [6, 6.07) is 0. The van der Waals surface area contributed by atoms with Crippen LogP contribution < -0.4 is 0 Å². The zero-order chi connectivity index (χ0) is 13.4. The number of rotatable bonds is 9. The largest absolute Gasteiger partial charge is 0.417 e. The van der Waals surface area contributed by atoms with E-state index in [-0.39, 0.29) is 0 Å². The highest BCUT2D eigenvalue weighted by Gasteiger charge is 2.36. The number of hydrogen-bond acceptors (Lipinski definition) is 1. The maximum Gasteiger partial charge on any atom is 0.191 e. The molecule has 0 heterocycles. The molecular weight excluding hydrogens is 292 g/mol. The van der Waals surface area contributed by atoms with Gasteiger partial charge >= 0.3 is 0 Å². The maximum atomic E-state index is 6.15. The van der Waals surface area contributed by atoms with Gasteiger partial charge in [0.1, 0.15) is 0 Å². The van der Waals surface area contributed by atoms with E-state index in [2.05, 4.69) is 49.8 Å². The van der Waals surface area contributed by atoms with Crippen molar-refractivity contribution in [2.45, 2.75) is 77.4 Å². The van der Waals surface area contributed by atoms with Gasteiger partial charge in [-0.3, -0.25) is 0 Å². The van der Waals surface area contributed by atoms with Crippen LogP contribution in [0.2, 0.25) is 18.1 Å². The van der Waals surface area contributed by atoms with Gasteiger partial charge in [-0.2, -0.15) is 0 Å². The molecule has 17 heavy (non-hydrogen) atoms. The third kappa shape index (κ3) is 8.39. The first-order valence-electron chi connectivity index (χ1n) is 7.01. The van der Waals surface area contributed by atoms with E-state index in [1.165, 1.54) is 38.5 Å². The molecule has 0 aliphatic rings. The molecule has 0 saturated heterocycles. The van der Waals surface area contributed by atoms with Gasteiger partial charge in [0, 0.05) is 11.9 Å². The summed E-state index contributed by atoms with van der Waals surface area (Å²) in [6.07, 6.45) is 8.01. The quantitative estimate of drug-likeness (QED) is 0.298. The van der Waals surface area contributed by atoms with Gasteiger partial charge in [0.05, 0.1) is 0 Å². The van der Waals surface area contributed by atoms with Gasteiger partial charge in [0.25, 0.3) is 0 Å². The average molecular weight is 323 g/mol. The Labute approximate surface area is 118 Å². The maximum absolute atomic E-state index is 6.15. The van der Waals surface area contributed by atoms with Gasteiger partial charge in [-0.05, 0) is 31.0 Å². The molecule has 0 rings (SSSR count). The Morgan fingerprint density at radius 1 is 0.882 bits per heavy atom. The third-order valence-corrected chi connectivity index (χ3v) is 8.90. The summed E-state index contributed by atoms with van der Waals surface area (Å²) in [7, 11) is -1.49. The van der Waals surface area contributed by atoms with Crippen molar-refractivity contribution < 1.29 is 4.43 Å². The Balaban J connectivity index is 3.46. The lowest BCUT2D eigenvalue weighted by Gasteiger charge is -2.36. The molecule has 0 unspecified atom stereocenters. The predicted molar refractivity (Wildman–Crippen MR) is 84.6 cm³/mol. The van der Waals surface area contributed by atoms with E-state index in [0.29, 0.717) is 5.04 Å². The van der Waals surface area contributed by atoms with Crippen LogP contribution in [0.25, 0.3) is 0 Å². The summed E-state index contributed by atoms with van der Waals surface area (Å²) in [6.45, 7) is 12.6. The molecule has 0 fully saturated rings. The fourth-order valence-electron chi connectivity index (χ4n) is 1.45. The standard InChI is InChI=1S/C14H31BrOSi/c1-14(2,3)17(4,5)16-13-11-9-7-6-8-10-12-15/h6-13H2,1-5H3. The summed E-state index contributed by atoms with van der Waals surface area (Å²) in [5, 5.41) is 1.50. The first-order valence-corrected chi connectivity index (χ1v) is 11.0. The van der Waals surface area contributed by atoms with Crippen LogP contribution in [0.1, 0.15) is 59.3 Å². The molecule has 0 bridgehead atoms. The van der Waals surface area contributed by atoms with Crippen molar-refractivity contribution in [3.05, 3.63) is 0 Å². The van der Waals surface area contributed by atoms with E-state index in [1.54, 1.807) is 0 Å². The molecule has 0 spiro atoms. The number of halogens is 1. The molecule has 0 atom stereocenters. The average Bonchev–Trinajstić information content (AvgIpc) is 2.20. The van der Waals surface area contributed by atoms with E-state index >= 15 is 0 Å². The monoisotopic (exact) mass is 322 g/mol. The zero-order valence-corrected chi connectivity index (χ0v) is 15.0. The first kappa shape index (κ1) is 17.7. The van der Waals surface area contributed by atoms with Crippen molar-refractivity contribution in [3.8, 4) is 0 Å². The van der Waals surface area contributed by atoms with Crippen molar-refractivity contribution in [1.82, 2.24) is 0 Å². The summed E-state index contributed by atoms with van der Waals surface area (Å²) in [4.78, 5) is 0. The summed E-state index contributed by atoms with van der Waals surface area (Å²) >= 11 is 3.47. The molecule has 0 aromatic rings. The van der Waals surface area contributed by atoms with Gasteiger partial charge in [-0.1, -0.05) is 62.4 Å². The normalized spacial score (nSPS) is 13.1. The lowest BCUT2D eigenvalue weighted by Crippen LogP contribution is -2.40. The van der Waals surface area contributed by atoms with Gasteiger partial charge in [0.2, 0.25) is 0 Å². The minimum absolute atomic E-state index is 0.350. The van der Waals surface area contributed by atoms with E-state index in [4.69, 9.17) is 4.43 Å². The molecule has 0 aliphatic heterocycles. The van der Waals surface area contributed by atoms with E-state index in [1.807, 2.05) is 0 Å². The highest BCUT2D eigenvalue weighted by atomic mass is 79.9. The van der Waals surface area contributed by atoms with Gasteiger partial charge < -0.3 is 4.43 Å². The molecule has 0 aromatic carbocycles. The van der Waals surface area contributed by atoms with Crippen LogP contribution in [0.15, 0.2) is 0 Å². The van der Waals surface area contributed by atoms with Crippen molar-refractivity contribution in [2.24, 2.45) is 0 Å². The fraction of sp³-hybridized carbons (Fsp3) is 1.00.